The van der Waals surface area contributed by atoms with Gasteiger partial charge in [-0.2, -0.15) is 0 Å². The van der Waals surface area contributed by atoms with Gasteiger partial charge in [0.15, 0.2) is 5.72 Å². The molecular weight excluding hydrogens is 567 g/mol. The molecule has 8 heteroatoms. The number of amides is 2. The number of nitrogens with zero attached hydrogens (tertiary/aromatic N) is 2. The fourth-order valence-electron chi connectivity index (χ4n) is 4.06. The average molecular weight is 585 g/mol. The summed E-state index contributed by atoms with van der Waals surface area (Å²) in [5, 5.41) is 13.4. The number of anilines is 2. The van der Waals surface area contributed by atoms with E-state index in [1.807, 2.05) is 32.0 Å². The van der Waals surface area contributed by atoms with Gasteiger partial charge in [0.1, 0.15) is 0 Å². The Morgan fingerprint density at radius 3 is 1.65 bits per heavy atom. The van der Waals surface area contributed by atoms with Crippen molar-refractivity contribution >= 4 is 72.5 Å². The number of carbonyl (C=O) groups is 1. The molecule has 0 spiro atoms. The van der Waals surface area contributed by atoms with Gasteiger partial charge in [0.25, 0.3) is 0 Å². The standard InChI is InChI=1S/C23H18Br2Cl2N2O2/c1-22(2)23(31,14-11-15(24)13-16(25)12-14)29(20-9-5-18(27)6-10-20)21(30)28(22)19-7-3-17(26)4-8-19/h3-13,31H,1-2H3. The highest BCUT2D eigenvalue weighted by atomic mass is 79.9. The van der Waals surface area contributed by atoms with Crippen LogP contribution in [0.1, 0.15) is 19.4 Å². The molecular formula is C23H18Br2Cl2N2O2. The zero-order valence-electron chi connectivity index (χ0n) is 16.6. The number of carbonyl (C=O) groups excluding carboxylic acids is 1. The van der Waals surface area contributed by atoms with Gasteiger partial charge in [-0.05, 0) is 80.6 Å². The van der Waals surface area contributed by atoms with Crippen LogP contribution < -0.4 is 9.80 Å². The minimum absolute atomic E-state index is 0.367. The van der Waals surface area contributed by atoms with Crippen LogP contribution in [0, 0.1) is 0 Å². The molecule has 2 amide bonds. The Labute approximate surface area is 207 Å². The maximum Gasteiger partial charge on any atom is 0.332 e. The molecule has 0 bridgehead atoms. The van der Waals surface area contributed by atoms with E-state index in [4.69, 9.17) is 23.2 Å². The van der Waals surface area contributed by atoms with Gasteiger partial charge in [0.2, 0.25) is 0 Å². The number of halogens is 4. The highest BCUT2D eigenvalue weighted by Crippen LogP contribution is 2.51. The predicted molar refractivity (Wildman–Crippen MR) is 133 cm³/mol. The molecule has 1 atom stereocenters. The third kappa shape index (κ3) is 3.68. The van der Waals surface area contributed by atoms with Crippen LogP contribution in [0.5, 0.6) is 0 Å². The molecule has 1 aliphatic heterocycles. The molecule has 4 nitrogen and oxygen atoms in total. The normalized spacial score (nSPS) is 20.4. The molecule has 3 aromatic carbocycles. The number of rotatable bonds is 3. The lowest BCUT2D eigenvalue weighted by Gasteiger charge is -2.43. The minimum Gasteiger partial charge on any atom is -0.365 e. The van der Waals surface area contributed by atoms with E-state index in [-0.39, 0.29) is 6.03 Å². The zero-order chi connectivity index (χ0) is 22.6. The second-order valence-corrected chi connectivity index (χ2v) is 10.5. The number of hydrogen-bond acceptors (Lipinski definition) is 2. The Morgan fingerprint density at radius 1 is 0.774 bits per heavy atom. The van der Waals surface area contributed by atoms with Crippen molar-refractivity contribution in [1.82, 2.24) is 0 Å². The van der Waals surface area contributed by atoms with Gasteiger partial charge in [-0.25, -0.2) is 4.79 Å². The van der Waals surface area contributed by atoms with Crippen LogP contribution in [-0.4, -0.2) is 16.7 Å². The maximum absolute atomic E-state index is 13.9. The molecule has 0 aromatic heterocycles. The summed E-state index contributed by atoms with van der Waals surface area (Å²) in [5.41, 5.74) is -1.05. The molecule has 4 rings (SSSR count). The number of aliphatic hydroxyl groups is 1. The fourth-order valence-corrected chi connectivity index (χ4v) is 5.60. The zero-order valence-corrected chi connectivity index (χ0v) is 21.3. The van der Waals surface area contributed by atoms with Crippen LogP contribution in [0.3, 0.4) is 0 Å². The van der Waals surface area contributed by atoms with Gasteiger partial charge < -0.3 is 5.11 Å². The third-order valence-corrected chi connectivity index (χ3v) is 6.97. The molecule has 1 unspecified atom stereocenters. The van der Waals surface area contributed by atoms with Crippen LogP contribution in [0.15, 0.2) is 75.7 Å². The quantitative estimate of drug-likeness (QED) is 0.345. The number of hydrogen-bond donors (Lipinski definition) is 1. The molecule has 0 aliphatic carbocycles. The van der Waals surface area contributed by atoms with E-state index < -0.39 is 11.3 Å². The summed E-state index contributed by atoms with van der Waals surface area (Å²) < 4.78 is 1.55. The first-order valence-electron chi connectivity index (χ1n) is 9.40. The Morgan fingerprint density at radius 2 is 1.19 bits per heavy atom. The van der Waals surface area contributed by atoms with Crippen LogP contribution in [0.4, 0.5) is 16.2 Å². The van der Waals surface area contributed by atoms with Crippen molar-refractivity contribution in [3.05, 3.63) is 91.3 Å². The highest BCUT2D eigenvalue weighted by Gasteiger charge is 2.64. The van der Waals surface area contributed by atoms with E-state index in [2.05, 4.69) is 31.9 Å². The lowest BCUT2D eigenvalue weighted by Crippen LogP contribution is -2.56. The van der Waals surface area contributed by atoms with E-state index in [9.17, 15) is 9.90 Å². The van der Waals surface area contributed by atoms with Crippen molar-refractivity contribution in [3.8, 4) is 0 Å². The van der Waals surface area contributed by atoms with E-state index in [1.54, 1.807) is 53.4 Å². The lowest BCUT2D eigenvalue weighted by molar-refractivity contribution is -0.00257. The van der Waals surface area contributed by atoms with Crippen LogP contribution in [0.2, 0.25) is 10.0 Å². The predicted octanol–water partition coefficient (Wildman–Crippen LogP) is 7.59. The van der Waals surface area contributed by atoms with Gasteiger partial charge in [-0.1, -0.05) is 55.1 Å². The van der Waals surface area contributed by atoms with Gasteiger partial charge in [0, 0.05) is 35.9 Å². The SMILES string of the molecule is CC1(C)N(c2ccc(Cl)cc2)C(=O)N(c2ccc(Cl)cc2)C1(O)c1cc(Br)cc(Br)c1. The van der Waals surface area contributed by atoms with E-state index in [1.165, 1.54) is 4.90 Å². The lowest BCUT2D eigenvalue weighted by atomic mass is 9.83. The molecule has 1 N–H and O–H groups in total. The third-order valence-electron chi connectivity index (χ3n) is 5.55. The van der Waals surface area contributed by atoms with E-state index in [0.29, 0.717) is 27.0 Å². The van der Waals surface area contributed by atoms with Crippen molar-refractivity contribution in [2.24, 2.45) is 0 Å². The molecule has 0 radical (unpaired) electrons. The second-order valence-electron chi connectivity index (χ2n) is 7.80. The molecule has 31 heavy (non-hydrogen) atoms. The summed E-state index contributed by atoms with van der Waals surface area (Å²) in [6, 6.07) is 18.9. The molecule has 160 valence electrons. The molecule has 1 aliphatic rings. The van der Waals surface area contributed by atoms with Crippen molar-refractivity contribution in [3.63, 3.8) is 0 Å². The average Bonchev–Trinajstić information content (AvgIpc) is 2.85. The van der Waals surface area contributed by atoms with Crippen LogP contribution in [0.25, 0.3) is 0 Å². The van der Waals surface area contributed by atoms with E-state index >= 15 is 0 Å². The summed E-state index contributed by atoms with van der Waals surface area (Å²) in [6.45, 7) is 3.68. The summed E-state index contributed by atoms with van der Waals surface area (Å²) in [6.07, 6.45) is 0. The molecule has 1 heterocycles. The Hall–Kier alpha value is -1.57. The van der Waals surface area contributed by atoms with Crippen molar-refractivity contribution in [2.45, 2.75) is 25.1 Å². The minimum atomic E-state index is -1.70. The highest BCUT2D eigenvalue weighted by molar-refractivity contribution is 9.11. The fraction of sp³-hybridized carbons (Fsp3) is 0.174. The van der Waals surface area contributed by atoms with Crippen LogP contribution in [-0.2, 0) is 5.72 Å². The summed E-state index contributed by atoms with van der Waals surface area (Å²) in [4.78, 5) is 16.9. The summed E-state index contributed by atoms with van der Waals surface area (Å²) in [5.74, 6) is 0. The van der Waals surface area contributed by atoms with Gasteiger partial charge in [0.05, 0.1) is 5.54 Å². The first-order chi connectivity index (χ1) is 14.6. The molecule has 0 saturated carbocycles. The Bertz CT molecular complexity index is 1130. The number of benzene rings is 3. The first kappa shape index (κ1) is 22.6. The topological polar surface area (TPSA) is 43.8 Å². The van der Waals surface area contributed by atoms with Crippen LogP contribution >= 0.6 is 55.1 Å². The first-order valence-corrected chi connectivity index (χ1v) is 11.7. The smallest absolute Gasteiger partial charge is 0.332 e. The van der Waals surface area contributed by atoms with Gasteiger partial charge in [-0.3, -0.25) is 9.80 Å². The Kier molecular flexibility index (Phi) is 5.90. The second kappa shape index (κ2) is 8.09. The number of urea groups is 1. The maximum atomic E-state index is 13.9. The molecule has 1 fully saturated rings. The summed E-state index contributed by atoms with van der Waals surface area (Å²) >= 11 is 19.1. The monoisotopic (exact) mass is 582 g/mol. The molecule has 1 saturated heterocycles. The van der Waals surface area contributed by atoms with Gasteiger partial charge in [-0.15, -0.1) is 0 Å². The van der Waals surface area contributed by atoms with Crippen molar-refractivity contribution in [1.29, 1.82) is 0 Å². The molecule has 3 aromatic rings. The summed E-state index contributed by atoms with van der Waals surface area (Å²) in [7, 11) is 0. The van der Waals surface area contributed by atoms with Gasteiger partial charge >= 0.3 is 6.03 Å². The van der Waals surface area contributed by atoms with Crippen molar-refractivity contribution in [2.75, 3.05) is 9.80 Å². The van der Waals surface area contributed by atoms with Crippen molar-refractivity contribution < 1.29 is 9.90 Å². The van der Waals surface area contributed by atoms with E-state index in [0.717, 1.165) is 8.95 Å². The largest absolute Gasteiger partial charge is 0.365 e. The Balaban J connectivity index is 1.99.